The van der Waals surface area contributed by atoms with E-state index in [1.165, 1.54) is 5.70 Å². The Kier molecular flexibility index (Phi) is 11.2. The number of carbonyl (C=O) groups is 1. The average molecular weight is 537 g/mol. The number of nitrogens with one attached hydrogen (secondary N) is 1. The number of carbonyl (C=O) groups excluding carboxylic acids is 1. The summed E-state index contributed by atoms with van der Waals surface area (Å²) in [6.07, 6.45) is 7.88. The van der Waals surface area contributed by atoms with E-state index >= 15 is 0 Å². The molecule has 2 aliphatic rings. The molecule has 2 heterocycles. The molecule has 2 aromatic rings. The minimum atomic E-state index is -0.144. The van der Waals surface area contributed by atoms with Gasteiger partial charge in [-0.3, -0.25) is 9.48 Å². The SMILES string of the molecule is CC.CC1=C(C(=O)NC(C)c2cc(-c3cnn(C)c3)cc(N3CCOCC3)c2)C=C(N(C)CCN(C)C)CC1. The summed E-state index contributed by atoms with van der Waals surface area (Å²) in [5, 5.41) is 7.65. The molecule has 1 fully saturated rings. The second-order valence-corrected chi connectivity index (χ2v) is 10.6. The van der Waals surface area contributed by atoms with E-state index in [-0.39, 0.29) is 11.9 Å². The number of nitrogens with zero attached hydrogens (tertiary/aromatic N) is 5. The minimum absolute atomic E-state index is 0.0112. The van der Waals surface area contributed by atoms with E-state index in [1.807, 2.05) is 38.0 Å². The van der Waals surface area contributed by atoms with Gasteiger partial charge in [-0.15, -0.1) is 0 Å². The van der Waals surface area contributed by atoms with Gasteiger partial charge in [0.25, 0.3) is 5.91 Å². The van der Waals surface area contributed by atoms with E-state index in [0.717, 1.165) is 85.8 Å². The number of aryl methyl sites for hydroxylation is 1. The highest BCUT2D eigenvalue weighted by atomic mass is 16.5. The Morgan fingerprint density at radius 1 is 1.08 bits per heavy atom. The highest BCUT2D eigenvalue weighted by molar-refractivity contribution is 5.97. The molecule has 1 unspecified atom stereocenters. The highest BCUT2D eigenvalue weighted by Gasteiger charge is 2.22. The lowest BCUT2D eigenvalue weighted by Gasteiger charge is -2.30. The summed E-state index contributed by atoms with van der Waals surface area (Å²) in [5.74, 6) is -0.0112. The number of morpholine rings is 1. The molecule has 1 atom stereocenters. The zero-order valence-corrected chi connectivity index (χ0v) is 25.3. The Labute approximate surface area is 235 Å². The molecule has 8 heteroatoms. The molecule has 1 saturated heterocycles. The molecule has 0 spiro atoms. The van der Waals surface area contributed by atoms with Gasteiger partial charge in [0.15, 0.2) is 0 Å². The molecule has 39 heavy (non-hydrogen) atoms. The van der Waals surface area contributed by atoms with Crippen LogP contribution in [-0.2, 0) is 16.6 Å². The number of allylic oxidation sites excluding steroid dienone is 2. The van der Waals surface area contributed by atoms with Crippen LogP contribution < -0.4 is 10.2 Å². The number of likely N-dealkylation sites (N-methyl/N-ethyl adjacent to an activating group) is 2. The highest BCUT2D eigenvalue weighted by Crippen LogP contribution is 2.31. The molecule has 1 aromatic heterocycles. The van der Waals surface area contributed by atoms with Crippen molar-refractivity contribution in [1.29, 1.82) is 0 Å². The molecule has 0 radical (unpaired) electrons. The summed E-state index contributed by atoms with van der Waals surface area (Å²) in [4.78, 5) is 20.3. The van der Waals surface area contributed by atoms with Crippen molar-refractivity contribution in [3.8, 4) is 11.1 Å². The summed E-state index contributed by atoms with van der Waals surface area (Å²) >= 11 is 0. The molecular weight excluding hydrogens is 488 g/mol. The molecule has 0 saturated carbocycles. The first-order chi connectivity index (χ1) is 18.7. The molecule has 4 rings (SSSR count). The Hall–Kier alpha value is -3.10. The van der Waals surface area contributed by atoms with Crippen LogP contribution >= 0.6 is 0 Å². The number of hydrogen-bond donors (Lipinski definition) is 1. The quantitative estimate of drug-likeness (QED) is 0.505. The van der Waals surface area contributed by atoms with Crippen LogP contribution in [0.4, 0.5) is 5.69 Å². The zero-order valence-electron chi connectivity index (χ0n) is 25.3. The first kappa shape index (κ1) is 30.4. The molecule has 1 aliphatic carbocycles. The van der Waals surface area contributed by atoms with Crippen LogP contribution in [0.15, 0.2) is 53.5 Å². The van der Waals surface area contributed by atoms with Crippen molar-refractivity contribution >= 4 is 11.6 Å². The van der Waals surface area contributed by atoms with Crippen molar-refractivity contribution < 1.29 is 9.53 Å². The van der Waals surface area contributed by atoms with Crippen molar-refractivity contribution in [1.82, 2.24) is 24.9 Å². The molecule has 1 aromatic carbocycles. The Morgan fingerprint density at radius 3 is 2.44 bits per heavy atom. The zero-order chi connectivity index (χ0) is 28.5. The molecular formula is C31H48N6O2. The smallest absolute Gasteiger partial charge is 0.251 e. The summed E-state index contributed by atoms with van der Waals surface area (Å²) in [5.41, 5.74) is 7.56. The lowest BCUT2D eigenvalue weighted by molar-refractivity contribution is -0.117. The van der Waals surface area contributed by atoms with E-state index in [9.17, 15) is 4.79 Å². The summed E-state index contributed by atoms with van der Waals surface area (Å²) < 4.78 is 7.39. The van der Waals surface area contributed by atoms with E-state index in [0.29, 0.717) is 0 Å². The maximum absolute atomic E-state index is 13.5. The lowest BCUT2D eigenvalue weighted by Crippen LogP contribution is -2.36. The Balaban J connectivity index is 0.00000205. The molecule has 1 amide bonds. The monoisotopic (exact) mass is 536 g/mol. The van der Waals surface area contributed by atoms with E-state index < -0.39 is 0 Å². The predicted molar refractivity (Wildman–Crippen MR) is 161 cm³/mol. The van der Waals surface area contributed by atoms with Crippen molar-refractivity contribution in [3.05, 3.63) is 59.1 Å². The largest absolute Gasteiger partial charge is 0.378 e. The summed E-state index contributed by atoms with van der Waals surface area (Å²) in [7, 11) is 8.21. The number of aromatic nitrogens is 2. The number of ether oxygens (including phenoxy) is 1. The van der Waals surface area contributed by atoms with Crippen LogP contribution in [-0.4, -0.2) is 86.0 Å². The topological polar surface area (TPSA) is 65.9 Å². The standard InChI is InChI=1S/C29H42N6O2.C2H6/c1-21-7-8-26(33(5)10-9-32(3)4)18-28(21)29(36)31-22(2)23-15-24(25-19-30-34(6)20-25)17-27(16-23)35-11-13-37-14-12-35;1-2/h15-20,22H,7-14H2,1-6H3,(H,31,36);1-2H3. The third-order valence-corrected chi connectivity index (χ3v) is 7.35. The Bertz CT molecular complexity index is 1160. The van der Waals surface area contributed by atoms with Gasteiger partial charge in [0, 0.05) is 69.0 Å². The minimum Gasteiger partial charge on any atom is -0.378 e. The third-order valence-electron chi connectivity index (χ3n) is 7.35. The summed E-state index contributed by atoms with van der Waals surface area (Å²) in [6.45, 7) is 13.2. The fraction of sp³-hybridized carbons (Fsp3) is 0.548. The predicted octanol–water partition coefficient (Wildman–Crippen LogP) is 4.61. The van der Waals surface area contributed by atoms with Crippen LogP contribution in [0.3, 0.4) is 0 Å². The van der Waals surface area contributed by atoms with Gasteiger partial charge < -0.3 is 24.8 Å². The second kappa shape index (κ2) is 14.3. The molecule has 1 N–H and O–H groups in total. The average Bonchev–Trinajstić information content (AvgIpc) is 3.39. The van der Waals surface area contributed by atoms with Crippen LogP contribution in [0.25, 0.3) is 11.1 Å². The fourth-order valence-electron chi connectivity index (χ4n) is 4.85. The van der Waals surface area contributed by atoms with Gasteiger partial charge in [0.1, 0.15) is 0 Å². The molecule has 1 aliphatic heterocycles. The van der Waals surface area contributed by atoms with Gasteiger partial charge in [-0.2, -0.15) is 5.10 Å². The number of hydrogen-bond acceptors (Lipinski definition) is 6. The van der Waals surface area contributed by atoms with Crippen LogP contribution in [0.1, 0.15) is 52.1 Å². The third kappa shape index (κ3) is 8.19. The molecule has 0 bridgehead atoms. The first-order valence-electron chi connectivity index (χ1n) is 14.2. The lowest BCUT2D eigenvalue weighted by atomic mass is 9.94. The van der Waals surface area contributed by atoms with Crippen LogP contribution in [0.5, 0.6) is 0 Å². The van der Waals surface area contributed by atoms with Crippen molar-refractivity contribution in [3.63, 3.8) is 0 Å². The van der Waals surface area contributed by atoms with E-state index in [1.54, 1.807) is 0 Å². The maximum atomic E-state index is 13.5. The number of anilines is 1. The van der Waals surface area contributed by atoms with Crippen molar-refractivity contribution in [2.24, 2.45) is 7.05 Å². The number of rotatable bonds is 9. The van der Waals surface area contributed by atoms with E-state index in [4.69, 9.17) is 4.74 Å². The fourth-order valence-corrected chi connectivity index (χ4v) is 4.85. The van der Waals surface area contributed by atoms with Crippen molar-refractivity contribution in [2.45, 2.75) is 46.6 Å². The van der Waals surface area contributed by atoms with Crippen LogP contribution in [0, 0.1) is 0 Å². The maximum Gasteiger partial charge on any atom is 0.251 e. The van der Waals surface area contributed by atoms with E-state index in [2.05, 4.69) is 84.4 Å². The summed E-state index contributed by atoms with van der Waals surface area (Å²) in [6, 6.07) is 6.44. The van der Waals surface area contributed by atoms with Crippen molar-refractivity contribution in [2.75, 3.05) is 65.4 Å². The normalized spacial score (nSPS) is 16.4. The van der Waals surface area contributed by atoms with Gasteiger partial charge in [0.2, 0.25) is 0 Å². The van der Waals surface area contributed by atoms with Gasteiger partial charge in [-0.05, 0) is 76.2 Å². The Morgan fingerprint density at radius 2 is 1.79 bits per heavy atom. The van der Waals surface area contributed by atoms with Gasteiger partial charge >= 0.3 is 0 Å². The number of amides is 1. The molecule has 214 valence electrons. The van der Waals surface area contributed by atoms with Gasteiger partial charge in [0.05, 0.1) is 25.5 Å². The van der Waals surface area contributed by atoms with Gasteiger partial charge in [-0.25, -0.2) is 0 Å². The van der Waals surface area contributed by atoms with Gasteiger partial charge in [-0.1, -0.05) is 19.4 Å². The first-order valence-corrected chi connectivity index (χ1v) is 14.2. The second-order valence-electron chi connectivity index (χ2n) is 10.6. The number of benzene rings is 1. The molecule has 8 nitrogen and oxygen atoms in total. The van der Waals surface area contributed by atoms with Crippen LogP contribution in [0.2, 0.25) is 0 Å².